The van der Waals surface area contributed by atoms with E-state index in [9.17, 15) is 13.2 Å². The van der Waals surface area contributed by atoms with Gasteiger partial charge < -0.3 is 10.1 Å². The molecule has 0 aliphatic carbocycles. The Morgan fingerprint density at radius 1 is 1.19 bits per heavy atom. The molecular weight excluding hydrogens is 448 g/mol. The number of nitrogens with zero attached hydrogens (tertiary/aromatic N) is 1. The summed E-state index contributed by atoms with van der Waals surface area (Å²) >= 11 is 5.88. The van der Waals surface area contributed by atoms with Crippen LogP contribution in [0, 0.1) is 12.8 Å². The lowest BCUT2D eigenvalue weighted by Crippen LogP contribution is -2.44. The van der Waals surface area contributed by atoms with E-state index in [0.717, 1.165) is 23.3 Å². The Kier molecular flexibility index (Phi) is 8.20. The summed E-state index contributed by atoms with van der Waals surface area (Å²) in [4.78, 5) is 12.9. The predicted octanol–water partition coefficient (Wildman–Crippen LogP) is 4.47. The highest BCUT2D eigenvalue weighted by molar-refractivity contribution is 7.88. The first-order valence-corrected chi connectivity index (χ1v) is 12.9. The maximum atomic E-state index is 12.9. The van der Waals surface area contributed by atoms with Gasteiger partial charge in [-0.05, 0) is 61.1 Å². The Balaban J connectivity index is 1.57. The fraction of sp³-hybridized carbons (Fsp3) is 0.458. The average Bonchev–Trinajstić information content (AvgIpc) is 2.78. The minimum atomic E-state index is -3.43. The first-order chi connectivity index (χ1) is 15.2. The van der Waals surface area contributed by atoms with Crippen LogP contribution in [0.1, 0.15) is 48.9 Å². The summed E-state index contributed by atoms with van der Waals surface area (Å²) in [5.74, 6) is 0.558. The minimum absolute atomic E-state index is 0.0138. The quantitative estimate of drug-likeness (QED) is 0.607. The zero-order valence-electron chi connectivity index (χ0n) is 18.8. The number of hydrogen-bond acceptors (Lipinski definition) is 4. The van der Waals surface area contributed by atoms with Gasteiger partial charge in [-0.15, -0.1) is 0 Å². The number of nitrogens with one attached hydrogen (secondary N) is 1. The Bertz CT molecular complexity index is 1030. The number of carbonyl (C=O) groups is 1. The number of sulfonamides is 1. The smallest absolute Gasteiger partial charge is 0.223 e. The van der Waals surface area contributed by atoms with Gasteiger partial charge in [-0.3, -0.25) is 4.79 Å². The second-order valence-corrected chi connectivity index (χ2v) is 10.7. The normalized spacial score (nSPS) is 16.5. The molecule has 0 spiro atoms. The van der Waals surface area contributed by atoms with Crippen molar-refractivity contribution in [2.75, 3.05) is 20.2 Å². The number of benzene rings is 2. The Hall–Kier alpha value is -2.09. The highest BCUT2D eigenvalue weighted by Gasteiger charge is 2.32. The van der Waals surface area contributed by atoms with E-state index in [-0.39, 0.29) is 23.6 Å². The summed E-state index contributed by atoms with van der Waals surface area (Å²) in [6.45, 7) is 4.73. The Morgan fingerprint density at radius 2 is 1.84 bits per heavy atom. The Morgan fingerprint density at radius 3 is 2.41 bits per heavy atom. The molecule has 1 N–H and O–H groups in total. The van der Waals surface area contributed by atoms with Gasteiger partial charge in [-0.2, -0.15) is 0 Å². The molecular formula is C24H31ClN2O4S. The van der Waals surface area contributed by atoms with E-state index < -0.39 is 10.0 Å². The number of piperidine rings is 1. The molecule has 1 unspecified atom stereocenters. The lowest BCUT2D eigenvalue weighted by molar-refractivity contribution is -0.126. The molecule has 1 atom stereocenters. The zero-order chi connectivity index (χ0) is 23.3. The number of rotatable bonds is 8. The van der Waals surface area contributed by atoms with Crippen molar-refractivity contribution in [3.63, 3.8) is 0 Å². The third kappa shape index (κ3) is 6.03. The molecule has 1 aliphatic rings. The van der Waals surface area contributed by atoms with Crippen molar-refractivity contribution >= 4 is 27.5 Å². The van der Waals surface area contributed by atoms with Gasteiger partial charge in [-0.25, -0.2) is 12.7 Å². The molecule has 8 heteroatoms. The summed E-state index contributed by atoms with van der Waals surface area (Å²) in [6.07, 6.45) is 1.80. The van der Waals surface area contributed by atoms with Crippen LogP contribution in [0.2, 0.25) is 5.02 Å². The molecule has 32 heavy (non-hydrogen) atoms. The van der Waals surface area contributed by atoms with Crippen molar-refractivity contribution in [1.29, 1.82) is 0 Å². The van der Waals surface area contributed by atoms with Crippen molar-refractivity contribution in [2.45, 2.75) is 44.9 Å². The number of ether oxygens (including phenoxy) is 1. The molecule has 0 bridgehead atoms. The van der Waals surface area contributed by atoms with Crippen LogP contribution in [0.25, 0.3) is 0 Å². The van der Waals surface area contributed by atoms with Crippen molar-refractivity contribution < 1.29 is 17.9 Å². The van der Waals surface area contributed by atoms with Crippen LogP contribution in [-0.4, -0.2) is 38.8 Å². The standard InChI is InChI=1S/C24H31ClN2O4S/c1-4-22(20-7-10-23(31-3)17(2)15-20)26-24(28)19-11-13-27(14-12-19)32(29,30)16-18-5-8-21(25)9-6-18/h5-10,15,19,22H,4,11-14,16H2,1-3H3,(H,26,28). The molecule has 0 saturated carbocycles. The lowest BCUT2D eigenvalue weighted by atomic mass is 9.95. The van der Waals surface area contributed by atoms with Crippen LogP contribution in [0.3, 0.4) is 0 Å². The molecule has 0 aromatic heterocycles. The molecule has 6 nitrogen and oxygen atoms in total. The molecule has 1 aliphatic heterocycles. The number of halogens is 1. The number of amides is 1. The number of methoxy groups -OCH3 is 1. The number of hydrogen-bond donors (Lipinski definition) is 1. The van der Waals surface area contributed by atoms with Gasteiger partial charge in [0, 0.05) is 24.0 Å². The Labute approximate surface area is 196 Å². The summed E-state index contributed by atoms with van der Waals surface area (Å²) in [6, 6.07) is 12.7. The van der Waals surface area contributed by atoms with Gasteiger partial charge in [-0.1, -0.05) is 42.8 Å². The summed E-state index contributed by atoms with van der Waals surface area (Å²) in [5, 5.41) is 3.73. The van der Waals surface area contributed by atoms with E-state index in [4.69, 9.17) is 16.3 Å². The topological polar surface area (TPSA) is 75.7 Å². The highest BCUT2D eigenvalue weighted by atomic mass is 35.5. The van der Waals surface area contributed by atoms with Crippen LogP contribution in [0.5, 0.6) is 5.75 Å². The zero-order valence-corrected chi connectivity index (χ0v) is 20.4. The molecule has 1 heterocycles. The van der Waals surface area contributed by atoms with E-state index in [1.54, 1.807) is 31.4 Å². The molecule has 2 aromatic rings. The second-order valence-electron chi connectivity index (χ2n) is 8.25. The second kappa shape index (κ2) is 10.7. The van der Waals surface area contributed by atoms with E-state index >= 15 is 0 Å². The van der Waals surface area contributed by atoms with Gasteiger partial charge in [0.2, 0.25) is 15.9 Å². The molecule has 3 rings (SSSR count). The molecule has 1 amide bonds. The molecule has 0 radical (unpaired) electrons. The SMILES string of the molecule is CCC(NC(=O)C1CCN(S(=O)(=O)Cc2ccc(Cl)cc2)CC1)c1ccc(OC)c(C)c1. The fourth-order valence-corrected chi connectivity index (χ4v) is 5.80. The molecule has 1 saturated heterocycles. The predicted molar refractivity (Wildman–Crippen MR) is 127 cm³/mol. The van der Waals surface area contributed by atoms with Gasteiger partial charge in [0.1, 0.15) is 5.75 Å². The lowest BCUT2D eigenvalue weighted by Gasteiger charge is -2.31. The van der Waals surface area contributed by atoms with Crippen LogP contribution >= 0.6 is 11.6 Å². The monoisotopic (exact) mass is 478 g/mol. The summed E-state index contributed by atoms with van der Waals surface area (Å²) in [5.41, 5.74) is 2.77. The molecule has 2 aromatic carbocycles. The van der Waals surface area contributed by atoms with E-state index in [1.165, 1.54) is 4.31 Å². The maximum Gasteiger partial charge on any atom is 0.223 e. The maximum absolute atomic E-state index is 12.9. The van der Waals surface area contributed by atoms with Crippen LogP contribution in [-0.2, 0) is 20.6 Å². The van der Waals surface area contributed by atoms with Crippen molar-refractivity contribution in [2.24, 2.45) is 5.92 Å². The molecule has 1 fully saturated rings. The van der Waals surface area contributed by atoms with E-state index in [2.05, 4.69) is 5.32 Å². The van der Waals surface area contributed by atoms with Crippen molar-refractivity contribution in [3.05, 3.63) is 64.2 Å². The van der Waals surface area contributed by atoms with Gasteiger partial charge in [0.15, 0.2) is 0 Å². The third-order valence-corrected chi connectivity index (χ3v) is 8.13. The van der Waals surface area contributed by atoms with Crippen LogP contribution in [0.15, 0.2) is 42.5 Å². The first-order valence-electron chi connectivity index (χ1n) is 10.9. The van der Waals surface area contributed by atoms with Crippen molar-refractivity contribution in [1.82, 2.24) is 9.62 Å². The summed E-state index contributed by atoms with van der Waals surface area (Å²) < 4.78 is 32.4. The van der Waals surface area contributed by atoms with Crippen LogP contribution in [0.4, 0.5) is 0 Å². The number of carbonyl (C=O) groups excluding carboxylic acids is 1. The highest BCUT2D eigenvalue weighted by Crippen LogP contribution is 2.27. The van der Waals surface area contributed by atoms with E-state index in [0.29, 0.717) is 36.5 Å². The fourth-order valence-electron chi connectivity index (χ4n) is 4.11. The number of aryl methyl sites for hydroxylation is 1. The third-order valence-electron chi connectivity index (χ3n) is 6.03. The van der Waals surface area contributed by atoms with Gasteiger partial charge in [0.05, 0.1) is 18.9 Å². The average molecular weight is 479 g/mol. The van der Waals surface area contributed by atoms with Gasteiger partial charge in [0.25, 0.3) is 0 Å². The molecule has 174 valence electrons. The summed E-state index contributed by atoms with van der Waals surface area (Å²) in [7, 11) is -1.79. The minimum Gasteiger partial charge on any atom is -0.496 e. The van der Waals surface area contributed by atoms with Crippen LogP contribution < -0.4 is 10.1 Å². The van der Waals surface area contributed by atoms with Gasteiger partial charge >= 0.3 is 0 Å². The largest absolute Gasteiger partial charge is 0.496 e. The van der Waals surface area contributed by atoms with Crippen molar-refractivity contribution in [3.8, 4) is 5.75 Å². The first kappa shape index (κ1) is 24.6. The van der Waals surface area contributed by atoms with E-state index in [1.807, 2.05) is 32.0 Å².